The summed E-state index contributed by atoms with van der Waals surface area (Å²) in [5.74, 6) is -2.77. The number of carbonyl (C=O) groups excluding carboxylic acids is 1. The molecule has 1 aliphatic heterocycles. The number of carbonyl (C=O) groups is 1. The van der Waals surface area contributed by atoms with Crippen LogP contribution in [0.5, 0.6) is 0 Å². The lowest BCUT2D eigenvalue weighted by atomic mass is 10.2. The van der Waals surface area contributed by atoms with Gasteiger partial charge in [0.05, 0.1) is 24.2 Å². The molecule has 6 nitrogen and oxygen atoms in total. The van der Waals surface area contributed by atoms with Crippen molar-refractivity contribution in [2.75, 3.05) is 39.4 Å². The van der Waals surface area contributed by atoms with Crippen LogP contribution in [0.25, 0.3) is 11.0 Å². The number of morpholine rings is 1. The number of unbranched alkanes of at least 4 members (excludes halogenated alkanes) is 1. The van der Waals surface area contributed by atoms with Crippen molar-refractivity contribution < 1.29 is 18.3 Å². The number of hydrogen-bond acceptors (Lipinski definition) is 5. The van der Waals surface area contributed by atoms with Crippen LogP contribution in [0.4, 0.5) is 8.78 Å². The molecule has 0 atom stereocenters. The van der Waals surface area contributed by atoms with Gasteiger partial charge in [0, 0.05) is 19.6 Å². The summed E-state index contributed by atoms with van der Waals surface area (Å²) >= 11 is 0.363. The minimum Gasteiger partial charge on any atom is -0.379 e. The van der Waals surface area contributed by atoms with Crippen LogP contribution in [-0.2, 0) is 16.1 Å². The summed E-state index contributed by atoms with van der Waals surface area (Å²) in [6.45, 7) is 5.06. The number of fused-ring (bicyclic) bond motifs is 1. The highest BCUT2D eigenvalue weighted by Gasteiger charge is 2.17. The number of thioether (sulfide) groups is 1. The summed E-state index contributed by atoms with van der Waals surface area (Å²) in [7, 11) is 0. The number of nitrogens with one attached hydrogen (secondary N) is 1. The Morgan fingerprint density at radius 1 is 1.26 bits per heavy atom. The molecule has 0 saturated carbocycles. The van der Waals surface area contributed by atoms with Crippen LogP contribution in [0.15, 0.2) is 29.4 Å². The molecule has 0 spiro atoms. The summed E-state index contributed by atoms with van der Waals surface area (Å²) in [5, 5.41) is 3.04. The van der Waals surface area contributed by atoms with E-state index < -0.39 is 5.76 Å². The summed E-state index contributed by atoms with van der Waals surface area (Å²) in [6, 6.07) is 7.14. The minimum absolute atomic E-state index is 0.0149. The van der Waals surface area contributed by atoms with Crippen LogP contribution in [-0.4, -0.2) is 65.5 Å². The predicted molar refractivity (Wildman–Crippen MR) is 101 cm³/mol. The van der Waals surface area contributed by atoms with Gasteiger partial charge in [-0.05, 0) is 43.3 Å². The molecule has 0 unspecified atom stereocenters. The monoisotopic (exact) mass is 398 g/mol. The molecule has 9 heteroatoms. The number of nitrogens with zero attached hydrogens (tertiary/aromatic N) is 3. The van der Waals surface area contributed by atoms with Crippen molar-refractivity contribution in [3.05, 3.63) is 24.3 Å². The summed E-state index contributed by atoms with van der Waals surface area (Å²) in [6.07, 6.45) is 1.88. The molecule has 3 rings (SSSR count). The van der Waals surface area contributed by atoms with E-state index in [0.717, 1.165) is 45.7 Å². The molecular formula is C18H24F2N4O2S. The summed E-state index contributed by atoms with van der Waals surface area (Å²) < 4.78 is 32.5. The maximum absolute atomic E-state index is 12.8. The zero-order valence-corrected chi connectivity index (χ0v) is 15.9. The SMILES string of the molecule is O=C(Cn1c(SC(F)F)nc2ccccc21)NCCCCN1CCOCC1. The molecule has 0 aliphatic carbocycles. The van der Waals surface area contributed by atoms with Gasteiger partial charge in [0.25, 0.3) is 5.76 Å². The lowest BCUT2D eigenvalue weighted by Crippen LogP contribution is -2.37. The Kier molecular flexibility index (Phi) is 7.42. The third-order valence-electron chi connectivity index (χ3n) is 4.44. The third kappa shape index (κ3) is 5.88. The maximum atomic E-state index is 12.8. The molecular weight excluding hydrogens is 374 g/mol. The molecule has 148 valence electrons. The average Bonchev–Trinajstić information content (AvgIpc) is 2.99. The first-order valence-electron chi connectivity index (χ1n) is 9.10. The Labute approximate surface area is 161 Å². The van der Waals surface area contributed by atoms with Crippen LogP contribution in [0.2, 0.25) is 0 Å². The van der Waals surface area contributed by atoms with Gasteiger partial charge in [0.1, 0.15) is 6.54 Å². The Bertz CT molecular complexity index is 750. The fourth-order valence-corrected chi connectivity index (χ4v) is 3.69. The largest absolute Gasteiger partial charge is 0.379 e. The Morgan fingerprint density at radius 2 is 2.04 bits per heavy atom. The number of rotatable bonds is 9. The van der Waals surface area contributed by atoms with E-state index in [1.54, 1.807) is 28.8 Å². The second kappa shape index (κ2) is 10.0. The Morgan fingerprint density at radius 3 is 2.81 bits per heavy atom. The van der Waals surface area contributed by atoms with E-state index in [4.69, 9.17) is 4.74 Å². The van der Waals surface area contributed by atoms with Gasteiger partial charge in [0.15, 0.2) is 5.16 Å². The van der Waals surface area contributed by atoms with Crippen molar-refractivity contribution >= 4 is 28.7 Å². The van der Waals surface area contributed by atoms with Gasteiger partial charge in [0.2, 0.25) is 5.91 Å². The highest BCUT2D eigenvalue weighted by atomic mass is 32.2. The zero-order valence-electron chi connectivity index (χ0n) is 15.1. The summed E-state index contributed by atoms with van der Waals surface area (Å²) in [5.41, 5.74) is 1.29. The van der Waals surface area contributed by atoms with Crippen molar-refractivity contribution in [3.8, 4) is 0 Å². The lowest BCUT2D eigenvalue weighted by molar-refractivity contribution is -0.121. The Hall–Kier alpha value is -1.71. The molecule has 0 bridgehead atoms. The lowest BCUT2D eigenvalue weighted by Gasteiger charge is -2.26. The maximum Gasteiger partial charge on any atom is 0.291 e. The first kappa shape index (κ1) is 20.0. The van der Waals surface area contributed by atoms with Gasteiger partial charge in [-0.1, -0.05) is 12.1 Å². The minimum atomic E-state index is -2.58. The van der Waals surface area contributed by atoms with Crippen molar-refractivity contribution in [2.24, 2.45) is 0 Å². The Balaban J connectivity index is 1.48. The standard InChI is InChI=1S/C18H24F2N4O2S/c19-17(20)27-18-22-14-5-1-2-6-15(14)24(18)13-16(25)21-7-3-4-8-23-9-11-26-12-10-23/h1-2,5-6,17H,3-4,7-13H2,(H,21,25). The van der Waals surface area contributed by atoms with Gasteiger partial charge in [-0.3, -0.25) is 9.69 Å². The number of hydrogen-bond donors (Lipinski definition) is 1. The first-order chi connectivity index (χ1) is 13.1. The molecule has 27 heavy (non-hydrogen) atoms. The average molecular weight is 398 g/mol. The van der Waals surface area contributed by atoms with E-state index in [0.29, 0.717) is 29.3 Å². The topological polar surface area (TPSA) is 59.4 Å². The van der Waals surface area contributed by atoms with E-state index in [1.165, 1.54) is 0 Å². The van der Waals surface area contributed by atoms with Crippen LogP contribution < -0.4 is 5.32 Å². The molecule has 1 N–H and O–H groups in total. The van der Waals surface area contributed by atoms with E-state index in [9.17, 15) is 13.6 Å². The van der Waals surface area contributed by atoms with Crippen molar-refractivity contribution in [3.63, 3.8) is 0 Å². The van der Waals surface area contributed by atoms with Gasteiger partial charge in [-0.2, -0.15) is 8.78 Å². The molecule has 1 saturated heterocycles. The highest BCUT2D eigenvalue weighted by molar-refractivity contribution is 7.99. The number of amides is 1. The van der Waals surface area contributed by atoms with Gasteiger partial charge in [-0.25, -0.2) is 4.98 Å². The van der Waals surface area contributed by atoms with Crippen molar-refractivity contribution in [1.29, 1.82) is 0 Å². The number of para-hydroxylation sites is 2. The molecule has 1 fully saturated rings. The molecule has 2 heterocycles. The van der Waals surface area contributed by atoms with Crippen LogP contribution in [0, 0.1) is 0 Å². The van der Waals surface area contributed by atoms with E-state index in [1.807, 2.05) is 0 Å². The summed E-state index contributed by atoms with van der Waals surface area (Å²) in [4.78, 5) is 18.8. The predicted octanol–water partition coefficient (Wildman–Crippen LogP) is 2.58. The molecule has 0 radical (unpaired) electrons. The second-order valence-corrected chi connectivity index (χ2v) is 7.32. The van der Waals surface area contributed by atoms with Crippen LogP contribution >= 0.6 is 11.8 Å². The molecule has 1 aromatic heterocycles. The van der Waals surface area contributed by atoms with E-state index >= 15 is 0 Å². The number of imidazole rings is 1. The fourth-order valence-electron chi connectivity index (χ4n) is 3.09. The number of aromatic nitrogens is 2. The number of halogens is 2. The van der Waals surface area contributed by atoms with Gasteiger partial charge in [-0.15, -0.1) is 0 Å². The zero-order chi connectivity index (χ0) is 19.1. The van der Waals surface area contributed by atoms with Gasteiger partial charge < -0.3 is 14.6 Å². The third-order valence-corrected chi connectivity index (χ3v) is 5.14. The number of ether oxygens (including phenoxy) is 1. The number of benzene rings is 1. The number of alkyl halides is 2. The van der Waals surface area contributed by atoms with E-state index in [2.05, 4.69) is 15.2 Å². The second-order valence-electron chi connectivity index (χ2n) is 6.36. The molecule has 1 aromatic carbocycles. The fraction of sp³-hybridized carbons (Fsp3) is 0.556. The normalized spacial score (nSPS) is 15.5. The molecule has 1 aliphatic rings. The van der Waals surface area contributed by atoms with Crippen LogP contribution in [0.1, 0.15) is 12.8 Å². The van der Waals surface area contributed by atoms with E-state index in [-0.39, 0.29) is 17.6 Å². The van der Waals surface area contributed by atoms with Crippen LogP contribution in [0.3, 0.4) is 0 Å². The van der Waals surface area contributed by atoms with Crippen molar-refractivity contribution in [1.82, 2.24) is 19.8 Å². The molecule has 2 aromatic rings. The quantitative estimate of drug-likeness (QED) is 0.520. The van der Waals surface area contributed by atoms with Gasteiger partial charge >= 0.3 is 0 Å². The highest BCUT2D eigenvalue weighted by Crippen LogP contribution is 2.28. The first-order valence-corrected chi connectivity index (χ1v) is 9.98. The molecule has 1 amide bonds. The smallest absolute Gasteiger partial charge is 0.291 e. The van der Waals surface area contributed by atoms with Crippen molar-refractivity contribution in [2.45, 2.75) is 30.3 Å².